The van der Waals surface area contributed by atoms with Crippen molar-refractivity contribution in [3.05, 3.63) is 53.8 Å². The number of aromatic nitrogens is 3. The summed E-state index contributed by atoms with van der Waals surface area (Å²) in [6.07, 6.45) is 5.83. The molecule has 2 heterocycles. The van der Waals surface area contributed by atoms with Crippen LogP contribution in [0.1, 0.15) is 25.5 Å². The monoisotopic (exact) mass is 298 g/mol. The fraction of sp³-hybridized carbons (Fsp3) is 0.250. The minimum atomic E-state index is 0.399. The first-order valence-corrected chi connectivity index (χ1v) is 7.87. The van der Waals surface area contributed by atoms with E-state index in [1.165, 1.54) is 5.56 Å². The number of anilines is 1. The van der Waals surface area contributed by atoms with Crippen molar-refractivity contribution in [1.82, 2.24) is 14.8 Å². The average molecular weight is 298 g/mol. The lowest BCUT2D eigenvalue weighted by Crippen LogP contribution is -2.01. The summed E-state index contributed by atoms with van der Waals surface area (Å²) in [5.74, 6) is 0. The van der Waals surface area contributed by atoms with Crippen molar-refractivity contribution >= 4 is 17.0 Å². The molecule has 0 aliphatic carbocycles. The van der Waals surface area contributed by atoms with Crippen LogP contribution in [0.4, 0.5) is 5.69 Å². The number of nitrogens with zero attached hydrogens (tertiary/aromatic N) is 3. The highest BCUT2D eigenvalue weighted by atomic mass is 32.1. The number of nitrogens with one attached hydrogen (secondary N) is 1. The maximum absolute atomic E-state index is 4.35. The lowest BCUT2D eigenvalue weighted by Gasteiger charge is -2.06. The third-order valence-electron chi connectivity index (χ3n) is 3.24. The van der Waals surface area contributed by atoms with E-state index in [2.05, 4.69) is 59.7 Å². The Morgan fingerprint density at radius 1 is 1.24 bits per heavy atom. The Bertz CT molecular complexity index is 683. The minimum Gasteiger partial charge on any atom is -0.381 e. The van der Waals surface area contributed by atoms with E-state index < -0.39 is 0 Å². The Morgan fingerprint density at radius 2 is 2.05 bits per heavy atom. The largest absolute Gasteiger partial charge is 0.381 e. The maximum atomic E-state index is 4.35. The Balaban J connectivity index is 1.62. The first kappa shape index (κ1) is 13.8. The first-order chi connectivity index (χ1) is 10.2. The van der Waals surface area contributed by atoms with Crippen LogP contribution in [0.15, 0.2) is 48.2 Å². The molecule has 0 radical (unpaired) electrons. The summed E-state index contributed by atoms with van der Waals surface area (Å²) in [5, 5.41) is 10.8. The summed E-state index contributed by atoms with van der Waals surface area (Å²) in [4.78, 5) is 4.32. The zero-order chi connectivity index (χ0) is 14.7. The highest BCUT2D eigenvalue weighted by molar-refractivity contribution is 7.13. The van der Waals surface area contributed by atoms with E-state index in [0.29, 0.717) is 6.04 Å². The van der Waals surface area contributed by atoms with Gasteiger partial charge in [-0.2, -0.15) is 5.10 Å². The molecular weight excluding hydrogens is 280 g/mol. The lowest BCUT2D eigenvalue weighted by molar-refractivity contribution is 0.532. The zero-order valence-electron chi connectivity index (χ0n) is 12.2. The Morgan fingerprint density at radius 3 is 2.67 bits per heavy atom. The van der Waals surface area contributed by atoms with Crippen LogP contribution in [0.5, 0.6) is 0 Å². The predicted molar refractivity (Wildman–Crippen MR) is 87.5 cm³/mol. The van der Waals surface area contributed by atoms with Crippen LogP contribution >= 0.6 is 11.3 Å². The van der Waals surface area contributed by atoms with Gasteiger partial charge in [0.2, 0.25) is 0 Å². The van der Waals surface area contributed by atoms with Gasteiger partial charge in [0.15, 0.2) is 0 Å². The molecule has 1 N–H and O–H groups in total. The van der Waals surface area contributed by atoms with Crippen LogP contribution in [0.3, 0.4) is 0 Å². The van der Waals surface area contributed by atoms with E-state index in [-0.39, 0.29) is 0 Å². The number of hydrogen-bond donors (Lipinski definition) is 1. The van der Waals surface area contributed by atoms with Crippen molar-refractivity contribution in [2.75, 3.05) is 5.32 Å². The summed E-state index contributed by atoms with van der Waals surface area (Å²) in [7, 11) is 0. The summed E-state index contributed by atoms with van der Waals surface area (Å²) in [6, 6.07) is 8.77. The number of rotatable bonds is 5. The molecule has 1 aromatic carbocycles. The standard InChI is InChI=1S/C16H18N4S/c1-12(2)20-11-13(10-19-20)9-18-15-5-3-14(4-6-15)16-17-7-8-21-16/h3-8,10-12,18H,9H2,1-2H3. The van der Waals surface area contributed by atoms with Gasteiger partial charge in [0.1, 0.15) is 5.01 Å². The average Bonchev–Trinajstić information content (AvgIpc) is 3.17. The molecule has 0 aliphatic rings. The molecule has 0 atom stereocenters. The molecule has 2 aromatic heterocycles. The molecule has 0 fully saturated rings. The van der Waals surface area contributed by atoms with E-state index in [9.17, 15) is 0 Å². The molecule has 0 saturated carbocycles. The number of hydrogen-bond acceptors (Lipinski definition) is 4. The van der Waals surface area contributed by atoms with Crippen molar-refractivity contribution in [3.63, 3.8) is 0 Å². The van der Waals surface area contributed by atoms with Crippen LogP contribution in [0.25, 0.3) is 10.6 Å². The quantitative estimate of drug-likeness (QED) is 0.767. The van der Waals surface area contributed by atoms with Crippen LogP contribution < -0.4 is 5.32 Å². The fourth-order valence-corrected chi connectivity index (χ4v) is 2.70. The van der Waals surface area contributed by atoms with Gasteiger partial charge in [0, 0.05) is 47.2 Å². The van der Waals surface area contributed by atoms with Gasteiger partial charge in [0.05, 0.1) is 6.20 Å². The van der Waals surface area contributed by atoms with Gasteiger partial charge in [-0.3, -0.25) is 4.68 Å². The Labute approximate surface area is 128 Å². The molecule has 0 amide bonds. The second-order valence-corrected chi connectivity index (χ2v) is 6.09. The van der Waals surface area contributed by atoms with Crippen molar-refractivity contribution in [3.8, 4) is 10.6 Å². The van der Waals surface area contributed by atoms with Crippen molar-refractivity contribution in [1.29, 1.82) is 0 Å². The molecule has 108 valence electrons. The van der Waals surface area contributed by atoms with Crippen molar-refractivity contribution in [2.24, 2.45) is 0 Å². The summed E-state index contributed by atoms with van der Waals surface area (Å²) < 4.78 is 1.97. The Hall–Kier alpha value is -2.14. The molecule has 5 heteroatoms. The van der Waals surface area contributed by atoms with Crippen molar-refractivity contribution in [2.45, 2.75) is 26.4 Å². The number of thiazole rings is 1. The predicted octanol–water partition coefficient (Wildman–Crippen LogP) is 4.20. The van der Waals surface area contributed by atoms with E-state index in [4.69, 9.17) is 0 Å². The van der Waals surface area contributed by atoms with E-state index >= 15 is 0 Å². The molecule has 0 bridgehead atoms. The minimum absolute atomic E-state index is 0.399. The second kappa shape index (κ2) is 6.10. The number of benzene rings is 1. The van der Waals surface area contributed by atoms with Crippen LogP contribution in [-0.4, -0.2) is 14.8 Å². The van der Waals surface area contributed by atoms with Crippen molar-refractivity contribution < 1.29 is 0 Å². The first-order valence-electron chi connectivity index (χ1n) is 6.99. The maximum Gasteiger partial charge on any atom is 0.123 e. The molecule has 0 aliphatic heterocycles. The molecule has 0 unspecified atom stereocenters. The van der Waals surface area contributed by atoms with Gasteiger partial charge < -0.3 is 5.32 Å². The smallest absolute Gasteiger partial charge is 0.123 e. The third-order valence-corrected chi connectivity index (χ3v) is 4.07. The van der Waals surface area contributed by atoms with Gasteiger partial charge in [-0.15, -0.1) is 11.3 Å². The van der Waals surface area contributed by atoms with E-state index in [0.717, 1.165) is 22.8 Å². The van der Waals surface area contributed by atoms with Gasteiger partial charge in [-0.05, 0) is 38.1 Å². The highest BCUT2D eigenvalue weighted by Crippen LogP contribution is 2.23. The van der Waals surface area contributed by atoms with Gasteiger partial charge >= 0.3 is 0 Å². The molecule has 0 spiro atoms. The highest BCUT2D eigenvalue weighted by Gasteiger charge is 2.03. The molecule has 0 saturated heterocycles. The Kier molecular flexibility index (Phi) is 4.01. The third kappa shape index (κ3) is 3.31. The SMILES string of the molecule is CC(C)n1cc(CNc2ccc(-c3nccs3)cc2)cn1. The summed E-state index contributed by atoms with van der Waals surface area (Å²) in [5.41, 5.74) is 3.45. The normalized spacial score (nSPS) is 11.0. The lowest BCUT2D eigenvalue weighted by atomic mass is 10.2. The van der Waals surface area contributed by atoms with Crippen LogP contribution in [0.2, 0.25) is 0 Å². The second-order valence-electron chi connectivity index (χ2n) is 5.19. The summed E-state index contributed by atoms with van der Waals surface area (Å²) in [6.45, 7) is 5.03. The van der Waals surface area contributed by atoms with Gasteiger partial charge in [0.25, 0.3) is 0 Å². The molecule has 3 aromatic rings. The van der Waals surface area contributed by atoms with Gasteiger partial charge in [-0.1, -0.05) is 0 Å². The molecule has 21 heavy (non-hydrogen) atoms. The van der Waals surface area contributed by atoms with E-state index in [1.807, 2.05) is 22.5 Å². The molecular formula is C16H18N4S. The topological polar surface area (TPSA) is 42.7 Å². The molecule has 4 nitrogen and oxygen atoms in total. The van der Waals surface area contributed by atoms with Crippen LogP contribution in [-0.2, 0) is 6.54 Å². The van der Waals surface area contributed by atoms with Crippen LogP contribution in [0, 0.1) is 0 Å². The molecule has 3 rings (SSSR count). The zero-order valence-corrected chi connectivity index (χ0v) is 13.0. The van der Waals surface area contributed by atoms with Gasteiger partial charge in [-0.25, -0.2) is 4.98 Å². The fourth-order valence-electron chi connectivity index (χ4n) is 2.05. The van der Waals surface area contributed by atoms with E-state index in [1.54, 1.807) is 11.3 Å². The summed E-state index contributed by atoms with van der Waals surface area (Å²) >= 11 is 1.65.